The summed E-state index contributed by atoms with van der Waals surface area (Å²) in [5.74, 6) is 0.922. The second-order valence-electron chi connectivity index (χ2n) is 5.64. The van der Waals surface area contributed by atoms with Gasteiger partial charge in [-0.2, -0.15) is 15.6 Å². The van der Waals surface area contributed by atoms with Crippen LogP contribution in [-0.4, -0.2) is 19.8 Å². The lowest BCUT2D eigenvalue weighted by molar-refractivity contribution is 0.353. The van der Waals surface area contributed by atoms with Gasteiger partial charge in [0.15, 0.2) is 0 Å². The van der Waals surface area contributed by atoms with Gasteiger partial charge < -0.3 is 9.15 Å². The highest BCUT2D eigenvalue weighted by Gasteiger charge is 2.29. The SMILES string of the molecule is COc1ccc(C)cc1S(=O)(=O)N(Cc1ccsc1)Cc1ccco1. The van der Waals surface area contributed by atoms with Gasteiger partial charge in [-0.15, -0.1) is 0 Å². The molecule has 0 N–H and O–H groups in total. The number of ether oxygens (including phenoxy) is 1. The van der Waals surface area contributed by atoms with Gasteiger partial charge in [-0.25, -0.2) is 8.42 Å². The highest BCUT2D eigenvalue weighted by molar-refractivity contribution is 7.89. The predicted molar refractivity (Wildman–Crippen MR) is 97.2 cm³/mol. The van der Waals surface area contributed by atoms with Crippen LogP contribution in [-0.2, 0) is 23.1 Å². The van der Waals surface area contributed by atoms with Crippen LogP contribution in [0.3, 0.4) is 0 Å². The largest absolute Gasteiger partial charge is 0.495 e. The van der Waals surface area contributed by atoms with E-state index in [1.165, 1.54) is 29.0 Å². The summed E-state index contributed by atoms with van der Waals surface area (Å²) >= 11 is 1.54. The summed E-state index contributed by atoms with van der Waals surface area (Å²) in [4.78, 5) is 0.164. The van der Waals surface area contributed by atoms with Crippen LogP contribution in [0, 0.1) is 6.92 Å². The summed E-state index contributed by atoms with van der Waals surface area (Å²) in [5.41, 5.74) is 1.79. The highest BCUT2D eigenvalue weighted by atomic mass is 32.2. The number of hydrogen-bond acceptors (Lipinski definition) is 5. The number of furan rings is 1. The molecule has 0 spiro atoms. The standard InChI is InChI=1S/C18H19NO4S2/c1-14-5-6-17(22-2)18(10-14)25(20,21)19(11-15-7-9-24-13-15)12-16-4-3-8-23-16/h3-10,13H,11-12H2,1-2H3. The number of rotatable bonds is 7. The zero-order valence-corrected chi connectivity index (χ0v) is 15.6. The Bertz CT molecular complexity index is 880. The van der Waals surface area contributed by atoms with Crippen molar-refractivity contribution in [3.63, 3.8) is 0 Å². The predicted octanol–water partition coefficient (Wildman–Crippen LogP) is 4.05. The third-order valence-electron chi connectivity index (χ3n) is 3.79. The average molecular weight is 377 g/mol. The van der Waals surface area contributed by atoms with Gasteiger partial charge in [-0.3, -0.25) is 0 Å². The minimum Gasteiger partial charge on any atom is -0.495 e. The average Bonchev–Trinajstić information content (AvgIpc) is 3.28. The summed E-state index contributed by atoms with van der Waals surface area (Å²) in [7, 11) is -2.29. The van der Waals surface area contributed by atoms with Crippen molar-refractivity contribution in [3.05, 3.63) is 70.3 Å². The molecule has 0 unspecified atom stereocenters. The molecule has 0 aliphatic rings. The van der Waals surface area contributed by atoms with E-state index >= 15 is 0 Å². The zero-order valence-electron chi connectivity index (χ0n) is 14.0. The van der Waals surface area contributed by atoms with Crippen molar-refractivity contribution >= 4 is 21.4 Å². The maximum Gasteiger partial charge on any atom is 0.247 e. The molecule has 0 saturated heterocycles. The van der Waals surface area contributed by atoms with E-state index in [4.69, 9.17) is 9.15 Å². The zero-order chi connectivity index (χ0) is 17.9. The normalized spacial score (nSPS) is 11.8. The first-order valence-electron chi connectivity index (χ1n) is 7.69. The van der Waals surface area contributed by atoms with Gasteiger partial charge in [0.05, 0.1) is 19.9 Å². The smallest absolute Gasteiger partial charge is 0.247 e. The van der Waals surface area contributed by atoms with Crippen molar-refractivity contribution in [2.24, 2.45) is 0 Å². The number of sulfonamides is 1. The molecule has 2 aromatic heterocycles. The molecule has 2 heterocycles. The molecular weight excluding hydrogens is 358 g/mol. The Labute approximate surface area is 151 Å². The van der Waals surface area contributed by atoms with E-state index in [1.54, 1.807) is 24.3 Å². The van der Waals surface area contributed by atoms with Gasteiger partial charge in [0, 0.05) is 6.54 Å². The summed E-state index contributed by atoms with van der Waals surface area (Å²) < 4.78 is 38.7. The molecule has 0 amide bonds. The highest BCUT2D eigenvalue weighted by Crippen LogP contribution is 2.30. The number of aryl methyl sites for hydroxylation is 1. The van der Waals surface area contributed by atoms with Gasteiger partial charge in [0.1, 0.15) is 16.4 Å². The quantitative estimate of drug-likeness (QED) is 0.623. The van der Waals surface area contributed by atoms with Gasteiger partial charge in [0.2, 0.25) is 10.0 Å². The first-order chi connectivity index (χ1) is 12.0. The van der Waals surface area contributed by atoms with Crippen LogP contribution in [0.4, 0.5) is 0 Å². The monoisotopic (exact) mass is 377 g/mol. The van der Waals surface area contributed by atoms with Crippen LogP contribution in [0.2, 0.25) is 0 Å². The van der Waals surface area contributed by atoms with E-state index < -0.39 is 10.0 Å². The first-order valence-corrected chi connectivity index (χ1v) is 10.1. The Kier molecular flexibility index (Phi) is 5.27. The lowest BCUT2D eigenvalue weighted by Gasteiger charge is -2.22. The number of hydrogen-bond donors (Lipinski definition) is 0. The maximum absolute atomic E-state index is 13.3. The van der Waals surface area contributed by atoms with E-state index in [-0.39, 0.29) is 18.0 Å². The Morgan fingerprint density at radius 1 is 1.20 bits per heavy atom. The van der Waals surface area contributed by atoms with Gasteiger partial charge in [-0.1, -0.05) is 6.07 Å². The fourth-order valence-corrected chi connectivity index (χ4v) is 4.81. The minimum atomic E-state index is -3.77. The van der Waals surface area contributed by atoms with Crippen molar-refractivity contribution in [3.8, 4) is 5.75 Å². The van der Waals surface area contributed by atoms with Crippen molar-refractivity contribution < 1.29 is 17.6 Å². The molecule has 1 aromatic carbocycles. The van der Waals surface area contributed by atoms with Gasteiger partial charge >= 0.3 is 0 Å². The molecule has 0 fully saturated rings. The maximum atomic E-state index is 13.3. The summed E-state index contributed by atoms with van der Waals surface area (Å²) in [5, 5.41) is 3.87. The van der Waals surface area contributed by atoms with E-state index in [0.29, 0.717) is 11.5 Å². The van der Waals surface area contributed by atoms with Crippen LogP contribution in [0.5, 0.6) is 5.75 Å². The van der Waals surface area contributed by atoms with E-state index in [9.17, 15) is 8.42 Å². The number of nitrogens with zero attached hydrogens (tertiary/aromatic N) is 1. The molecule has 132 valence electrons. The number of thiophene rings is 1. The van der Waals surface area contributed by atoms with Crippen LogP contribution >= 0.6 is 11.3 Å². The van der Waals surface area contributed by atoms with E-state index in [2.05, 4.69) is 0 Å². The van der Waals surface area contributed by atoms with Crippen LogP contribution in [0.15, 0.2) is 62.7 Å². The molecule has 0 atom stereocenters. The Hall–Kier alpha value is -2.09. The topological polar surface area (TPSA) is 59.8 Å². The summed E-state index contributed by atoms with van der Waals surface area (Å²) in [6.45, 7) is 2.28. The van der Waals surface area contributed by atoms with Crippen LogP contribution in [0.1, 0.15) is 16.9 Å². The van der Waals surface area contributed by atoms with Crippen molar-refractivity contribution in [1.29, 1.82) is 0 Å². The summed E-state index contributed by atoms with van der Waals surface area (Å²) in [6.07, 6.45) is 1.54. The second-order valence-corrected chi connectivity index (χ2v) is 8.32. The van der Waals surface area contributed by atoms with Crippen molar-refractivity contribution in [2.45, 2.75) is 24.9 Å². The minimum absolute atomic E-state index is 0.155. The molecule has 0 bridgehead atoms. The third-order valence-corrected chi connectivity index (χ3v) is 6.33. The Morgan fingerprint density at radius 2 is 2.04 bits per heavy atom. The van der Waals surface area contributed by atoms with Crippen molar-refractivity contribution in [1.82, 2.24) is 4.31 Å². The molecule has 25 heavy (non-hydrogen) atoms. The molecule has 3 rings (SSSR count). The molecule has 7 heteroatoms. The number of benzene rings is 1. The lowest BCUT2D eigenvalue weighted by Crippen LogP contribution is -2.30. The second kappa shape index (κ2) is 7.43. The van der Waals surface area contributed by atoms with Crippen LogP contribution in [0.25, 0.3) is 0 Å². The molecule has 3 aromatic rings. The fraction of sp³-hybridized carbons (Fsp3) is 0.222. The van der Waals surface area contributed by atoms with Gasteiger partial charge in [0.25, 0.3) is 0 Å². The van der Waals surface area contributed by atoms with Crippen LogP contribution < -0.4 is 4.74 Å². The number of methoxy groups -OCH3 is 1. The Balaban J connectivity index is 2.02. The van der Waals surface area contributed by atoms with Gasteiger partial charge in [-0.05, 0) is 59.1 Å². The lowest BCUT2D eigenvalue weighted by atomic mass is 10.2. The molecule has 0 radical (unpaired) electrons. The molecule has 0 saturated carbocycles. The molecule has 0 aliphatic carbocycles. The third kappa shape index (κ3) is 3.95. The van der Waals surface area contributed by atoms with E-state index in [1.807, 2.05) is 29.8 Å². The summed E-state index contributed by atoms with van der Waals surface area (Å²) in [6, 6.07) is 10.6. The molecule has 5 nitrogen and oxygen atoms in total. The molecular formula is C18H19NO4S2. The van der Waals surface area contributed by atoms with Crippen molar-refractivity contribution in [2.75, 3.05) is 7.11 Å². The molecule has 0 aliphatic heterocycles. The first kappa shape index (κ1) is 17.7. The fourth-order valence-electron chi connectivity index (χ4n) is 2.51. The van der Waals surface area contributed by atoms with E-state index in [0.717, 1.165) is 11.1 Å². The Morgan fingerprint density at radius 3 is 2.68 bits per heavy atom.